The Morgan fingerprint density at radius 2 is 1.18 bits per heavy atom. The topological polar surface area (TPSA) is 202 Å². The lowest BCUT2D eigenvalue weighted by molar-refractivity contribution is 0.103. The molecule has 60 heavy (non-hydrogen) atoms. The molecule has 0 saturated carbocycles. The molecule has 0 aliphatic rings. The van der Waals surface area contributed by atoms with Gasteiger partial charge in [0.05, 0.1) is 25.2 Å². The average molecular weight is 841 g/mol. The van der Waals surface area contributed by atoms with Gasteiger partial charge in [0.1, 0.15) is 6.61 Å². The summed E-state index contributed by atoms with van der Waals surface area (Å²) in [6, 6.07) is 29.3. The summed E-state index contributed by atoms with van der Waals surface area (Å²) >= 11 is 0. The van der Waals surface area contributed by atoms with Crippen LogP contribution in [0.2, 0.25) is 0 Å². The maximum Gasteiger partial charge on any atom is 0.229 e. The minimum atomic E-state index is -3.71. The zero-order chi connectivity index (χ0) is 42.2. The summed E-state index contributed by atoms with van der Waals surface area (Å²) in [6.07, 6.45) is 8.49. The molecule has 0 unspecified atom stereocenters. The molecule has 0 fully saturated rings. The van der Waals surface area contributed by atoms with Crippen molar-refractivity contribution >= 4 is 64.8 Å². The van der Waals surface area contributed by atoms with Crippen LogP contribution in [0.25, 0.3) is 44.1 Å². The standard InChI is InChI=1S/C44H36N6O8S2/c1-57-44-38(37(13-17-48-44)43(52)30-19-28(21-32(23-30)50-60(3,55)56)34-7-5-9-40-36(34)12-16-46-40)25-58-41-24-26(10-14-47-41)42(51)29-18-27(20-31(22-29)49-59(2,53)54)33-6-4-8-39-35(33)11-15-45-39/h4-24,45-46,49-50H,25H2,1-3H3. The smallest absolute Gasteiger partial charge is 0.229 e. The largest absolute Gasteiger partial charge is 0.481 e. The predicted molar refractivity (Wildman–Crippen MR) is 231 cm³/mol. The van der Waals surface area contributed by atoms with Crippen LogP contribution in [0.5, 0.6) is 11.8 Å². The van der Waals surface area contributed by atoms with Gasteiger partial charge in [-0.3, -0.25) is 19.0 Å². The molecule has 4 heterocycles. The van der Waals surface area contributed by atoms with Crippen molar-refractivity contribution in [2.24, 2.45) is 0 Å². The summed E-state index contributed by atoms with van der Waals surface area (Å²) in [5, 5.41) is 1.78. The third-order valence-corrected chi connectivity index (χ3v) is 10.8. The van der Waals surface area contributed by atoms with Crippen molar-refractivity contribution in [2.45, 2.75) is 6.61 Å². The van der Waals surface area contributed by atoms with Crippen molar-refractivity contribution in [2.75, 3.05) is 29.1 Å². The Bertz CT molecular complexity index is 3210. The molecule has 0 spiro atoms. The number of pyridine rings is 2. The first-order valence-corrected chi connectivity index (χ1v) is 22.1. The third-order valence-electron chi connectivity index (χ3n) is 9.62. The summed E-state index contributed by atoms with van der Waals surface area (Å²) in [6.45, 7) is -0.252. The van der Waals surface area contributed by atoms with Gasteiger partial charge in [-0.2, -0.15) is 0 Å². The van der Waals surface area contributed by atoms with Crippen LogP contribution in [0.3, 0.4) is 0 Å². The van der Waals surface area contributed by atoms with E-state index < -0.39 is 31.6 Å². The number of carbonyl (C=O) groups excluding carboxylic acids is 2. The van der Waals surface area contributed by atoms with Gasteiger partial charge in [-0.15, -0.1) is 0 Å². The number of fused-ring (bicyclic) bond motifs is 2. The van der Waals surface area contributed by atoms with E-state index in [1.54, 1.807) is 36.7 Å². The van der Waals surface area contributed by atoms with Gasteiger partial charge in [0.2, 0.25) is 31.8 Å². The number of sulfonamides is 2. The number of ether oxygens (including phenoxy) is 2. The number of methoxy groups -OCH3 is 1. The van der Waals surface area contributed by atoms with Crippen molar-refractivity contribution in [3.8, 4) is 34.0 Å². The summed E-state index contributed by atoms with van der Waals surface area (Å²) in [7, 11) is -5.99. The fourth-order valence-electron chi connectivity index (χ4n) is 7.15. The minimum absolute atomic E-state index is 0.0501. The molecule has 14 nitrogen and oxygen atoms in total. The molecule has 0 saturated heterocycles. The van der Waals surface area contributed by atoms with E-state index in [4.69, 9.17) is 9.47 Å². The van der Waals surface area contributed by atoms with Crippen LogP contribution in [0.4, 0.5) is 11.4 Å². The zero-order valence-corrected chi connectivity index (χ0v) is 33.9. The zero-order valence-electron chi connectivity index (χ0n) is 32.3. The predicted octanol–water partition coefficient (Wildman–Crippen LogP) is 7.57. The number of rotatable bonds is 14. The van der Waals surface area contributed by atoms with E-state index in [9.17, 15) is 26.4 Å². The minimum Gasteiger partial charge on any atom is -0.481 e. The van der Waals surface area contributed by atoms with Gasteiger partial charge in [0.15, 0.2) is 11.6 Å². The SMILES string of the molecule is COc1nccc(C(=O)c2cc(NS(C)(=O)=O)cc(-c3cccc4[nH]ccc34)c2)c1COc1cc(C(=O)c2cc(NS(C)(=O)=O)cc(-c3cccc4[nH]ccc34)c2)ccn1. The van der Waals surface area contributed by atoms with Crippen molar-refractivity contribution in [3.05, 3.63) is 156 Å². The van der Waals surface area contributed by atoms with E-state index in [1.165, 1.54) is 49.8 Å². The normalized spacial score (nSPS) is 11.7. The number of nitrogens with one attached hydrogen (secondary N) is 4. The number of ketones is 2. The number of anilines is 2. The first kappa shape index (κ1) is 39.5. The number of hydrogen-bond acceptors (Lipinski definition) is 10. The van der Waals surface area contributed by atoms with Crippen LogP contribution in [0.1, 0.15) is 37.4 Å². The molecule has 0 radical (unpaired) electrons. The molecule has 0 aliphatic heterocycles. The molecule has 0 bridgehead atoms. The second kappa shape index (κ2) is 15.8. The van der Waals surface area contributed by atoms with Crippen LogP contribution in [0, 0.1) is 0 Å². The molecule has 4 N–H and O–H groups in total. The molecule has 0 atom stereocenters. The fraction of sp³-hybridized carbons (Fsp3) is 0.0909. The maximum atomic E-state index is 14.4. The first-order chi connectivity index (χ1) is 28.7. The van der Waals surface area contributed by atoms with Gasteiger partial charge >= 0.3 is 0 Å². The highest BCUT2D eigenvalue weighted by atomic mass is 32.2. The van der Waals surface area contributed by atoms with Gasteiger partial charge < -0.3 is 19.4 Å². The Labute approximate surface area is 344 Å². The Balaban J connectivity index is 1.11. The molecule has 16 heteroatoms. The second-order valence-corrected chi connectivity index (χ2v) is 17.5. The molecule has 8 rings (SSSR count). The van der Waals surface area contributed by atoms with Crippen LogP contribution in [0.15, 0.2) is 128 Å². The van der Waals surface area contributed by atoms with Crippen molar-refractivity contribution in [1.82, 2.24) is 19.9 Å². The second-order valence-electron chi connectivity index (χ2n) is 14.0. The summed E-state index contributed by atoms with van der Waals surface area (Å²) in [4.78, 5) is 43.5. The lowest BCUT2D eigenvalue weighted by Gasteiger charge is -2.15. The Kier molecular flexibility index (Phi) is 10.4. The van der Waals surface area contributed by atoms with Crippen LogP contribution >= 0.6 is 0 Å². The van der Waals surface area contributed by atoms with Gasteiger partial charge in [-0.05, 0) is 95.1 Å². The van der Waals surface area contributed by atoms with E-state index in [0.29, 0.717) is 11.1 Å². The van der Waals surface area contributed by atoms with Crippen molar-refractivity contribution in [1.29, 1.82) is 0 Å². The molecule has 4 aromatic carbocycles. The average Bonchev–Trinajstić information content (AvgIpc) is 3.91. The van der Waals surface area contributed by atoms with E-state index >= 15 is 0 Å². The highest BCUT2D eigenvalue weighted by Crippen LogP contribution is 2.35. The molecular weight excluding hydrogens is 805 g/mol. The Morgan fingerprint density at radius 1 is 0.633 bits per heavy atom. The number of H-pyrrole nitrogens is 2. The molecule has 0 amide bonds. The summed E-state index contributed by atoms with van der Waals surface area (Å²) in [5.41, 5.74) is 6.01. The van der Waals surface area contributed by atoms with Gasteiger partial charge in [0.25, 0.3) is 0 Å². The molecule has 302 valence electrons. The lowest BCUT2D eigenvalue weighted by atomic mass is 9.94. The van der Waals surface area contributed by atoms with E-state index in [-0.39, 0.29) is 57.6 Å². The quantitative estimate of drug-likeness (QED) is 0.0792. The van der Waals surface area contributed by atoms with Gasteiger partial charge in [0, 0.05) is 86.3 Å². The number of aromatic nitrogens is 4. The molecular formula is C44H36N6O8S2. The van der Waals surface area contributed by atoms with Crippen molar-refractivity contribution < 1.29 is 35.9 Å². The van der Waals surface area contributed by atoms with Crippen LogP contribution in [-0.4, -0.2) is 68.0 Å². The maximum absolute atomic E-state index is 14.4. The number of nitrogens with zero attached hydrogens (tertiary/aromatic N) is 2. The van der Waals surface area contributed by atoms with E-state index in [0.717, 1.165) is 45.4 Å². The van der Waals surface area contributed by atoms with Gasteiger partial charge in [-0.1, -0.05) is 24.3 Å². The fourth-order valence-corrected chi connectivity index (χ4v) is 8.24. The van der Waals surface area contributed by atoms with Crippen LogP contribution in [-0.2, 0) is 26.7 Å². The molecule has 0 aliphatic carbocycles. The van der Waals surface area contributed by atoms with E-state index in [1.807, 2.05) is 48.5 Å². The number of hydrogen-bond donors (Lipinski definition) is 4. The monoisotopic (exact) mass is 840 g/mol. The molecule has 4 aromatic heterocycles. The summed E-state index contributed by atoms with van der Waals surface area (Å²) < 4.78 is 65.9. The number of carbonyl (C=O) groups is 2. The number of benzene rings is 4. The number of aromatic amines is 2. The first-order valence-electron chi connectivity index (χ1n) is 18.3. The lowest BCUT2D eigenvalue weighted by Crippen LogP contribution is -2.13. The van der Waals surface area contributed by atoms with Crippen molar-refractivity contribution in [3.63, 3.8) is 0 Å². The van der Waals surface area contributed by atoms with Crippen LogP contribution < -0.4 is 18.9 Å². The highest BCUT2D eigenvalue weighted by Gasteiger charge is 2.22. The van der Waals surface area contributed by atoms with Gasteiger partial charge in [-0.25, -0.2) is 26.8 Å². The third kappa shape index (κ3) is 8.46. The Morgan fingerprint density at radius 3 is 1.73 bits per heavy atom. The Hall–Kier alpha value is -7.30. The highest BCUT2D eigenvalue weighted by molar-refractivity contribution is 7.92. The molecule has 8 aromatic rings. The summed E-state index contributed by atoms with van der Waals surface area (Å²) in [5.74, 6) is -0.727. The van der Waals surface area contributed by atoms with E-state index in [2.05, 4.69) is 29.4 Å².